The standard InChI is InChI=1S/C24H34N2O4S/c1-5-18-30-23-12-8-7-10-20(23)11-9-17-25-24(27)22(6-2)26(31(4,28)29)21-15-13-19(3)14-16-21/h7-8,10,12-16,22H,5-6,9,11,17-18H2,1-4H3,(H,25,27). The van der Waals surface area contributed by atoms with Crippen LogP contribution < -0.4 is 14.4 Å². The number of carbonyl (C=O) groups is 1. The first-order valence-electron chi connectivity index (χ1n) is 10.8. The van der Waals surface area contributed by atoms with Gasteiger partial charge in [-0.15, -0.1) is 0 Å². The maximum absolute atomic E-state index is 12.9. The van der Waals surface area contributed by atoms with Crippen molar-refractivity contribution in [3.8, 4) is 5.75 Å². The average molecular weight is 447 g/mol. The van der Waals surface area contributed by atoms with Crippen molar-refractivity contribution < 1.29 is 17.9 Å². The van der Waals surface area contributed by atoms with E-state index in [-0.39, 0.29) is 5.91 Å². The van der Waals surface area contributed by atoms with Crippen LogP contribution in [0.25, 0.3) is 0 Å². The van der Waals surface area contributed by atoms with Crippen LogP contribution in [0.4, 0.5) is 5.69 Å². The number of hydrogen-bond acceptors (Lipinski definition) is 4. The number of hydrogen-bond donors (Lipinski definition) is 1. The minimum Gasteiger partial charge on any atom is -0.493 e. The van der Waals surface area contributed by atoms with Crippen LogP contribution in [-0.2, 0) is 21.2 Å². The molecule has 2 rings (SSSR count). The molecule has 0 bridgehead atoms. The second-order valence-corrected chi connectivity index (χ2v) is 9.53. The summed E-state index contributed by atoms with van der Waals surface area (Å²) < 4.78 is 32.0. The molecule has 7 heteroatoms. The summed E-state index contributed by atoms with van der Waals surface area (Å²) in [6.07, 6.45) is 3.96. The Hall–Kier alpha value is -2.54. The van der Waals surface area contributed by atoms with Crippen molar-refractivity contribution in [1.82, 2.24) is 5.32 Å². The summed E-state index contributed by atoms with van der Waals surface area (Å²) in [5, 5.41) is 2.91. The number of nitrogens with zero attached hydrogens (tertiary/aromatic N) is 1. The molecule has 6 nitrogen and oxygen atoms in total. The van der Waals surface area contributed by atoms with Crippen molar-refractivity contribution in [2.45, 2.75) is 52.5 Å². The number of benzene rings is 2. The highest BCUT2D eigenvalue weighted by Gasteiger charge is 2.31. The number of rotatable bonds is 12. The van der Waals surface area contributed by atoms with Crippen molar-refractivity contribution in [2.75, 3.05) is 23.7 Å². The monoisotopic (exact) mass is 446 g/mol. The van der Waals surface area contributed by atoms with Gasteiger partial charge in [-0.1, -0.05) is 49.7 Å². The van der Waals surface area contributed by atoms with Crippen molar-refractivity contribution in [1.29, 1.82) is 0 Å². The number of sulfonamides is 1. The maximum atomic E-state index is 12.9. The number of nitrogens with one attached hydrogen (secondary N) is 1. The van der Waals surface area contributed by atoms with Gasteiger partial charge in [0.05, 0.1) is 18.6 Å². The SMILES string of the molecule is CCCOc1ccccc1CCCNC(=O)C(CC)N(c1ccc(C)cc1)S(C)(=O)=O. The van der Waals surface area contributed by atoms with E-state index < -0.39 is 16.1 Å². The van der Waals surface area contributed by atoms with Crippen LogP contribution in [-0.4, -0.2) is 39.8 Å². The van der Waals surface area contributed by atoms with Crippen LogP contribution in [0, 0.1) is 6.92 Å². The smallest absolute Gasteiger partial charge is 0.243 e. The Kier molecular flexibility index (Phi) is 9.37. The first-order valence-corrected chi connectivity index (χ1v) is 12.7. The second kappa shape index (κ2) is 11.7. The van der Waals surface area contributed by atoms with Gasteiger partial charge in [0.2, 0.25) is 15.9 Å². The summed E-state index contributed by atoms with van der Waals surface area (Å²) in [5.74, 6) is 0.591. The molecule has 2 aromatic rings. The lowest BCUT2D eigenvalue weighted by atomic mass is 10.1. The molecule has 0 aromatic heterocycles. The molecule has 0 fully saturated rings. The molecule has 170 valence electrons. The zero-order valence-electron chi connectivity index (χ0n) is 18.9. The number of aryl methyl sites for hydroxylation is 2. The van der Waals surface area contributed by atoms with E-state index in [0.717, 1.165) is 42.4 Å². The van der Waals surface area contributed by atoms with Gasteiger partial charge in [0.15, 0.2) is 0 Å². The van der Waals surface area contributed by atoms with E-state index >= 15 is 0 Å². The molecular weight excluding hydrogens is 412 g/mol. The van der Waals surface area contributed by atoms with Crippen LogP contribution in [0.1, 0.15) is 44.2 Å². The Morgan fingerprint density at radius 3 is 2.39 bits per heavy atom. The molecule has 1 atom stereocenters. The molecule has 1 N–H and O–H groups in total. The molecule has 0 spiro atoms. The number of ether oxygens (including phenoxy) is 1. The summed E-state index contributed by atoms with van der Waals surface area (Å²) in [6.45, 7) is 6.95. The molecule has 1 unspecified atom stereocenters. The van der Waals surface area contributed by atoms with E-state index in [2.05, 4.69) is 12.2 Å². The Morgan fingerprint density at radius 1 is 1.10 bits per heavy atom. The summed E-state index contributed by atoms with van der Waals surface area (Å²) in [6, 6.07) is 14.3. The lowest BCUT2D eigenvalue weighted by molar-refractivity contribution is -0.122. The van der Waals surface area contributed by atoms with E-state index in [9.17, 15) is 13.2 Å². The molecule has 1 amide bonds. The summed E-state index contributed by atoms with van der Waals surface area (Å²) in [7, 11) is -3.62. The van der Waals surface area contributed by atoms with Crippen LogP contribution in [0.15, 0.2) is 48.5 Å². The Balaban J connectivity index is 2.01. The molecule has 0 aliphatic rings. The zero-order valence-corrected chi connectivity index (χ0v) is 19.7. The van der Waals surface area contributed by atoms with E-state index in [1.807, 2.05) is 50.2 Å². The van der Waals surface area contributed by atoms with Gasteiger partial charge in [-0.2, -0.15) is 0 Å². The number of carbonyl (C=O) groups excluding carboxylic acids is 1. The Labute approximate surface area is 186 Å². The molecule has 31 heavy (non-hydrogen) atoms. The van der Waals surface area contributed by atoms with Gasteiger partial charge in [-0.05, 0) is 56.4 Å². The fraction of sp³-hybridized carbons (Fsp3) is 0.458. The highest BCUT2D eigenvalue weighted by molar-refractivity contribution is 7.92. The fourth-order valence-corrected chi connectivity index (χ4v) is 4.64. The Bertz CT molecular complexity index is 942. The summed E-state index contributed by atoms with van der Waals surface area (Å²) in [5.41, 5.74) is 2.63. The second-order valence-electron chi connectivity index (χ2n) is 7.67. The molecular formula is C24H34N2O4S. The molecule has 0 aliphatic carbocycles. The summed E-state index contributed by atoms with van der Waals surface area (Å²) >= 11 is 0. The number of amides is 1. The van der Waals surface area contributed by atoms with Gasteiger partial charge >= 0.3 is 0 Å². The van der Waals surface area contributed by atoms with Crippen molar-refractivity contribution in [3.63, 3.8) is 0 Å². The predicted octanol–water partition coefficient (Wildman–Crippen LogP) is 4.08. The lowest BCUT2D eigenvalue weighted by Gasteiger charge is -2.30. The maximum Gasteiger partial charge on any atom is 0.243 e. The third-order valence-corrected chi connectivity index (χ3v) is 6.15. The van der Waals surface area contributed by atoms with Gasteiger partial charge < -0.3 is 10.1 Å². The molecule has 0 heterocycles. The third kappa shape index (κ3) is 7.28. The van der Waals surface area contributed by atoms with E-state index in [1.54, 1.807) is 12.1 Å². The summed E-state index contributed by atoms with van der Waals surface area (Å²) in [4.78, 5) is 12.9. The van der Waals surface area contributed by atoms with Crippen molar-refractivity contribution in [2.24, 2.45) is 0 Å². The quantitative estimate of drug-likeness (QED) is 0.499. The molecule has 0 saturated carbocycles. The van der Waals surface area contributed by atoms with Crippen LogP contribution in [0.3, 0.4) is 0 Å². The van der Waals surface area contributed by atoms with E-state index in [4.69, 9.17) is 4.74 Å². The van der Waals surface area contributed by atoms with E-state index in [1.165, 1.54) is 4.31 Å². The molecule has 2 aromatic carbocycles. The van der Waals surface area contributed by atoms with Crippen molar-refractivity contribution in [3.05, 3.63) is 59.7 Å². The highest BCUT2D eigenvalue weighted by atomic mass is 32.2. The molecule has 0 radical (unpaired) electrons. The first kappa shape index (κ1) is 24.7. The first-order chi connectivity index (χ1) is 14.8. The molecule has 0 aliphatic heterocycles. The minimum absolute atomic E-state index is 0.288. The van der Waals surface area contributed by atoms with Gasteiger partial charge in [0, 0.05) is 6.54 Å². The average Bonchev–Trinajstić information content (AvgIpc) is 2.74. The van der Waals surface area contributed by atoms with Crippen LogP contribution >= 0.6 is 0 Å². The molecule has 0 saturated heterocycles. The normalized spacial score (nSPS) is 12.3. The highest BCUT2D eigenvalue weighted by Crippen LogP contribution is 2.23. The van der Waals surface area contributed by atoms with Crippen LogP contribution in [0.5, 0.6) is 5.75 Å². The predicted molar refractivity (Wildman–Crippen MR) is 126 cm³/mol. The topological polar surface area (TPSA) is 75.7 Å². The largest absolute Gasteiger partial charge is 0.493 e. The van der Waals surface area contributed by atoms with Gasteiger partial charge in [-0.25, -0.2) is 8.42 Å². The lowest BCUT2D eigenvalue weighted by Crippen LogP contribution is -2.49. The van der Waals surface area contributed by atoms with E-state index in [0.29, 0.717) is 25.3 Å². The Morgan fingerprint density at radius 2 is 1.77 bits per heavy atom. The minimum atomic E-state index is -3.62. The zero-order chi connectivity index (χ0) is 22.9. The fourth-order valence-electron chi connectivity index (χ4n) is 3.42. The van der Waals surface area contributed by atoms with Gasteiger partial charge in [0.1, 0.15) is 11.8 Å². The van der Waals surface area contributed by atoms with Crippen LogP contribution in [0.2, 0.25) is 0 Å². The van der Waals surface area contributed by atoms with Gasteiger partial charge in [0.25, 0.3) is 0 Å². The number of para-hydroxylation sites is 1. The van der Waals surface area contributed by atoms with Crippen molar-refractivity contribution >= 4 is 21.6 Å². The number of anilines is 1. The third-order valence-electron chi connectivity index (χ3n) is 4.97. The van der Waals surface area contributed by atoms with Gasteiger partial charge in [-0.3, -0.25) is 9.10 Å².